The molecule has 7 nitrogen and oxygen atoms in total. The van der Waals surface area contributed by atoms with E-state index in [9.17, 15) is 9.59 Å². The Hall–Kier alpha value is -2.28. The Kier molecular flexibility index (Phi) is 6.64. The predicted octanol–water partition coefficient (Wildman–Crippen LogP) is -0.676. The molecule has 0 radical (unpaired) electrons. The van der Waals surface area contributed by atoms with Crippen LogP contribution in [0.4, 0.5) is 0 Å². The van der Waals surface area contributed by atoms with E-state index in [1.807, 2.05) is 45.2 Å². The summed E-state index contributed by atoms with van der Waals surface area (Å²) < 4.78 is 11.5. The number of para-hydroxylation sites is 2. The van der Waals surface area contributed by atoms with Crippen molar-refractivity contribution < 1.29 is 24.0 Å². The van der Waals surface area contributed by atoms with Crippen molar-refractivity contribution >= 4 is 11.8 Å². The standard InChI is InChI=1S/C18H27N3O4/c1-13(2)19-17(22)10-20(3)11-18(23)21(4)9-14-12-24-15-7-5-6-8-16(15)25-14/h5-8,13-14H,9-12H2,1-4H3,(H,19,22)/p+1/t14-/m0/s1. The molecule has 1 heterocycles. The second-order valence-corrected chi connectivity index (χ2v) is 6.80. The summed E-state index contributed by atoms with van der Waals surface area (Å²) >= 11 is 0. The number of benzene rings is 1. The molecule has 0 saturated heterocycles. The fourth-order valence-corrected chi connectivity index (χ4v) is 2.66. The van der Waals surface area contributed by atoms with Gasteiger partial charge < -0.3 is 24.6 Å². The molecule has 2 amide bonds. The van der Waals surface area contributed by atoms with E-state index in [4.69, 9.17) is 9.47 Å². The molecule has 0 aliphatic carbocycles. The average Bonchev–Trinajstić information content (AvgIpc) is 2.53. The van der Waals surface area contributed by atoms with Gasteiger partial charge >= 0.3 is 0 Å². The molecule has 1 aliphatic heterocycles. The van der Waals surface area contributed by atoms with Crippen LogP contribution in [-0.4, -0.2) is 69.2 Å². The first kappa shape index (κ1) is 19.1. The van der Waals surface area contributed by atoms with E-state index in [2.05, 4.69) is 5.32 Å². The fourth-order valence-electron chi connectivity index (χ4n) is 2.66. The number of fused-ring (bicyclic) bond motifs is 1. The summed E-state index contributed by atoms with van der Waals surface area (Å²) in [7, 11) is 3.58. The lowest BCUT2D eigenvalue weighted by Crippen LogP contribution is -3.11. The van der Waals surface area contributed by atoms with Crippen molar-refractivity contribution in [2.45, 2.75) is 26.0 Å². The van der Waals surface area contributed by atoms with Gasteiger partial charge in [-0.25, -0.2) is 0 Å². The zero-order valence-electron chi connectivity index (χ0n) is 15.4. The highest BCUT2D eigenvalue weighted by atomic mass is 16.6. The van der Waals surface area contributed by atoms with Crippen LogP contribution in [0.5, 0.6) is 11.5 Å². The molecule has 0 saturated carbocycles. The summed E-state index contributed by atoms with van der Waals surface area (Å²) in [5.41, 5.74) is 0. The van der Waals surface area contributed by atoms with Crippen molar-refractivity contribution in [1.82, 2.24) is 10.2 Å². The normalized spacial score (nSPS) is 17.1. The highest BCUT2D eigenvalue weighted by molar-refractivity contribution is 5.79. The minimum absolute atomic E-state index is 0.0303. The molecule has 0 spiro atoms. The molecule has 1 aromatic rings. The number of carbonyl (C=O) groups excluding carboxylic acids is 2. The van der Waals surface area contributed by atoms with Crippen LogP contribution in [0.3, 0.4) is 0 Å². The maximum Gasteiger partial charge on any atom is 0.277 e. The van der Waals surface area contributed by atoms with Crippen molar-refractivity contribution in [2.75, 3.05) is 40.3 Å². The lowest BCUT2D eigenvalue weighted by Gasteiger charge is -2.29. The third-order valence-electron chi connectivity index (χ3n) is 3.84. The maximum absolute atomic E-state index is 12.4. The molecule has 25 heavy (non-hydrogen) atoms. The molecule has 2 rings (SSSR count). The molecule has 1 unspecified atom stereocenters. The second-order valence-electron chi connectivity index (χ2n) is 6.80. The van der Waals surface area contributed by atoms with Gasteiger partial charge in [0.15, 0.2) is 30.7 Å². The van der Waals surface area contributed by atoms with Crippen molar-refractivity contribution in [3.63, 3.8) is 0 Å². The van der Waals surface area contributed by atoms with Gasteiger partial charge in [-0.05, 0) is 26.0 Å². The number of carbonyl (C=O) groups is 2. The van der Waals surface area contributed by atoms with Crippen LogP contribution in [0.15, 0.2) is 24.3 Å². The van der Waals surface area contributed by atoms with Crippen LogP contribution in [0.1, 0.15) is 13.8 Å². The molecule has 2 N–H and O–H groups in total. The maximum atomic E-state index is 12.4. The summed E-state index contributed by atoms with van der Waals surface area (Å²) in [5, 5.41) is 2.83. The van der Waals surface area contributed by atoms with Crippen LogP contribution < -0.4 is 19.7 Å². The average molecular weight is 350 g/mol. The Morgan fingerprint density at radius 3 is 2.64 bits per heavy atom. The molecule has 2 atom stereocenters. The van der Waals surface area contributed by atoms with Gasteiger partial charge in [0.25, 0.3) is 11.8 Å². The minimum Gasteiger partial charge on any atom is -0.486 e. The Bertz CT molecular complexity index is 606. The van der Waals surface area contributed by atoms with Gasteiger partial charge in [0.1, 0.15) is 6.61 Å². The van der Waals surface area contributed by atoms with Crippen molar-refractivity contribution in [3.05, 3.63) is 24.3 Å². The van der Waals surface area contributed by atoms with Gasteiger partial charge in [0.05, 0.1) is 13.6 Å². The summed E-state index contributed by atoms with van der Waals surface area (Å²) in [6, 6.07) is 7.60. The van der Waals surface area contributed by atoms with E-state index in [1.165, 1.54) is 0 Å². The Morgan fingerprint density at radius 2 is 1.96 bits per heavy atom. The van der Waals surface area contributed by atoms with Gasteiger partial charge in [-0.15, -0.1) is 0 Å². The van der Waals surface area contributed by atoms with Gasteiger partial charge in [0.2, 0.25) is 0 Å². The van der Waals surface area contributed by atoms with Crippen molar-refractivity contribution in [3.8, 4) is 11.5 Å². The number of hydrogen-bond acceptors (Lipinski definition) is 4. The van der Waals surface area contributed by atoms with Gasteiger partial charge in [-0.2, -0.15) is 0 Å². The molecular formula is C18H28N3O4+. The summed E-state index contributed by atoms with van der Waals surface area (Å²) in [6.07, 6.45) is -0.201. The Morgan fingerprint density at radius 1 is 1.28 bits per heavy atom. The van der Waals surface area contributed by atoms with E-state index in [-0.39, 0.29) is 37.0 Å². The number of likely N-dealkylation sites (N-methyl/N-ethyl adjacent to an activating group) is 2. The van der Waals surface area contributed by atoms with E-state index >= 15 is 0 Å². The zero-order valence-corrected chi connectivity index (χ0v) is 15.4. The van der Waals surface area contributed by atoms with Crippen LogP contribution in [0.25, 0.3) is 0 Å². The highest BCUT2D eigenvalue weighted by Gasteiger charge is 2.25. The van der Waals surface area contributed by atoms with Crippen LogP contribution in [-0.2, 0) is 9.59 Å². The van der Waals surface area contributed by atoms with E-state index < -0.39 is 0 Å². The van der Waals surface area contributed by atoms with E-state index in [0.29, 0.717) is 18.9 Å². The number of nitrogens with one attached hydrogen (secondary N) is 2. The van der Waals surface area contributed by atoms with Crippen LogP contribution >= 0.6 is 0 Å². The fraction of sp³-hybridized carbons (Fsp3) is 0.556. The summed E-state index contributed by atoms with van der Waals surface area (Å²) in [4.78, 5) is 26.6. The molecule has 1 aliphatic rings. The van der Waals surface area contributed by atoms with E-state index in [0.717, 1.165) is 10.6 Å². The number of nitrogens with zero attached hydrogens (tertiary/aromatic N) is 1. The van der Waals surface area contributed by atoms with Crippen molar-refractivity contribution in [2.24, 2.45) is 0 Å². The van der Waals surface area contributed by atoms with Gasteiger partial charge in [0, 0.05) is 13.1 Å². The second kappa shape index (κ2) is 8.71. The smallest absolute Gasteiger partial charge is 0.277 e. The Balaban J connectivity index is 1.78. The molecule has 0 aromatic heterocycles. The molecule has 0 fully saturated rings. The number of quaternary nitrogens is 1. The SMILES string of the molecule is CC(C)NC(=O)C[NH+](C)CC(=O)N(C)C[C@H]1COc2ccccc2O1. The number of amides is 2. The lowest BCUT2D eigenvalue weighted by molar-refractivity contribution is -0.863. The monoisotopic (exact) mass is 350 g/mol. The topological polar surface area (TPSA) is 72.3 Å². The zero-order chi connectivity index (χ0) is 18.4. The number of ether oxygens (including phenoxy) is 2. The number of hydrogen-bond donors (Lipinski definition) is 2. The quantitative estimate of drug-likeness (QED) is 0.684. The third kappa shape index (κ3) is 5.94. The van der Waals surface area contributed by atoms with Crippen LogP contribution in [0.2, 0.25) is 0 Å². The summed E-state index contributed by atoms with van der Waals surface area (Å²) in [5.74, 6) is 1.35. The highest BCUT2D eigenvalue weighted by Crippen LogP contribution is 2.30. The first-order valence-electron chi connectivity index (χ1n) is 8.58. The van der Waals surface area contributed by atoms with E-state index in [1.54, 1.807) is 11.9 Å². The first-order valence-corrected chi connectivity index (χ1v) is 8.58. The predicted molar refractivity (Wildman–Crippen MR) is 93.9 cm³/mol. The summed E-state index contributed by atoms with van der Waals surface area (Å²) in [6.45, 7) is 5.21. The molecule has 7 heteroatoms. The van der Waals surface area contributed by atoms with Gasteiger partial charge in [-0.3, -0.25) is 9.59 Å². The first-order chi connectivity index (χ1) is 11.8. The van der Waals surface area contributed by atoms with Crippen molar-refractivity contribution in [1.29, 1.82) is 0 Å². The number of rotatable bonds is 7. The lowest BCUT2D eigenvalue weighted by atomic mass is 10.2. The minimum atomic E-state index is -0.201. The van der Waals surface area contributed by atoms with Gasteiger partial charge in [-0.1, -0.05) is 12.1 Å². The van der Waals surface area contributed by atoms with Crippen LogP contribution in [0, 0.1) is 0 Å². The Labute approximate surface area is 148 Å². The third-order valence-corrected chi connectivity index (χ3v) is 3.84. The molecule has 1 aromatic carbocycles. The molecule has 138 valence electrons. The molecule has 0 bridgehead atoms. The molecular weight excluding hydrogens is 322 g/mol. The largest absolute Gasteiger partial charge is 0.486 e.